The molecule has 142 valence electrons. The van der Waals surface area contributed by atoms with Crippen molar-refractivity contribution in [2.24, 2.45) is 0 Å². The number of carbonyl (C=O) groups excluding carboxylic acids is 1. The molecule has 0 bridgehead atoms. The molecule has 1 atom stereocenters. The number of aromatic nitrogens is 4. The van der Waals surface area contributed by atoms with E-state index in [2.05, 4.69) is 20.4 Å². The fraction of sp³-hybridized carbons (Fsp3) is 0.400. The van der Waals surface area contributed by atoms with Crippen molar-refractivity contribution >= 4 is 11.7 Å². The van der Waals surface area contributed by atoms with Gasteiger partial charge in [0.05, 0.1) is 12.6 Å². The van der Waals surface area contributed by atoms with E-state index < -0.39 is 0 Å². The first-order valence-electron chi connectivity index (χ1n) is 9.17. The third kappa shape index (κ3) is 4.24. The van der Waals surface area contributed by atoms with Crippen LogP contribution < -0.4 is 10.1 Å². The molecule has 0 fully saturated rings. The zero-order valence-electron chi connectivity index (χ0n) is 16.2. The van der Waals surface area contributed by atoms with Gasteiger partial charge in [-0.1, -0.05) is 12.1 Å². The van der Waals surface area contributed by atoms with E-state index in [1.54, 1.807) is 4.52 Å². The highest BCUT2D eigenvalue weighted by molar-refractivity contribution is 5.76. The number of fused-ring (bicyclic) bond motifs is 1. The maximum Gasteiger partial charge on any atom is 0.252 e. The Kier molecular flexibility index (Phi) is 5.69. The molecule has 0 aliphatic rings. The second-order valence-electron chi connectivity index (χ2n) is 6.53. The lowest BCUT2D eigenvalue weighted by molar-refractivity contribution is -0.121. The molecule has 7 nitrogen and oxygen atoms in total. The number of nitrogens with zero attached hydrogens (tertiary/aromatic N) is 4. The van der Waals surface area contributed by atoms with Crippen LogP contribution in [-0.4, -0.2) is 32.1 Å². The van der Waals surface area contributed by atoms with Crippen LogP contribution in [0.4, 0.5) is 0 Å². The molecule has 2 aromatic heterocycles. The monoisotopic (exact) mass is 367 g/mol. The fourth-order valence-electron chi connectivity index (χ4n) is 3.19. The van der Waals surface area contributed by atoms with E-state index in [1.165, 1.54) is 6.33 Å². The minimum Gasteiger partial charge on any atom is -0.494 e. The van der Waals surface area contributed by atoms with Crippen molar-refractivity contribution in [3.63, 3.8) is 0 Å². The van der Waals surface area contributed by atoms with E-state index in [0.717, 1.165) is 28.3 Å². The van der Waals surface area contributed by atoms with E-state index in [-0.39, 0.29) is 11.9 Å². The first-order chi connectivity index (χ1) is 13.0. The summed E-state index contributed by atoms with van der Waals surface area (Å²) in [6, 6.07) is 7.72. The van der Waals surface area contributed by atoms with Crippen LogP contribution in [0.15, 0.2) is 30.6 Å². The summed E-state index contributed by atoms with van der Waals surface area (Å²) in [7, 11) is 0. The minimum absolute atomic E-state index is 0.00167. The zero-order chi connectivity index (χ0) is 19.4. The molecule has 0 aliphatic carbocycles. The molecule has 0 saturated carbocycles. The molecule has 0 spiro atoms. The standard InChI is InChI=1S/C20H25N5O2/c1-5-27-17-8-6-7-16(11-17)13(2)23-19(26)10-9-18-14(3)24-20-21-12-22-25(20)15(18)4/h6-8,11-13H,5,9-10H2,1-4H3,(H,23,26). The molecule has 1 N–H and O–H groups in total. The third-order valence-electron chi connectivity index (χ3n) is 4.64. The SMILES string of the molecule is CCOc1cccc(C(C)NC(=O)CCc2c(C)nc3ncnn3c2C)c1. The first kappa shape index (κ1) is 18.8. The van der Waals surface area contributed by atoms with Crippen LogP contribution in [0.2, 0.25) is 0 Å². The van der Waals surface area contributed by atoms with Crippen molar-refractivity contribution in [1.29, 1.82) is 0 Å². The van der Waals surface area contributed by atoms with E-state index in [9.17, 15) is 4.79 Å². The van der Waals surface area contributed by atoms with E-state index >= 15 is 0 Å². The minimum atomic E-state index is -0.0870. The van der Waals surface area contributed by atoms with E-state index in [4.69, 9.17) is 4.74 Å². The topological polar surface area (TPSA) is 81.4 Å². The van der Waals surface area contributed by atoms with Gasteiger partial charge in [-0.25, -0.2) is 9.50 Å². The first-order valence-corrected chi connectivity index (χ1v) is 9.17. The molecule has 0 radical (unpaired) electrons. The van der Waals surface area contributed by atoms with Gasteiger partial charge in [0.2, 0.25) is 5.91 Å². The van der Waals surface area contributed by atoms with Gasteiger partial charge in [0.25, 0.3) is 5.78 Å². The predicted octanol–water partition coefficient (Wildman–Crippen LogP) is 2.95. The molecule has 0 aliphatic heterocycles. The molecule has 27 heavy (non-hydrogen) atoms. The Morgan fingerprint density at radius 1 is 1.33 bits per heavy atom. The predicted molar refractivity (Wildman–Crippen MR) is 103 cm³/mol. The molecule has 1 aromatic carbocycles. The molecule has 7 heteroatoms. The summed E-state index contributed by atoms with van der Waals surface area (Å²) < 4.78 is 7.24. The Balaban J connectivity index is 1.64. The van der Waals surface area contributed by atoms with Crippen molar-refractivity contribution in [2.75, 3.05) is 6.61 Å². The zero-order valence-corrected chi connectivity index (χ0v) is 16.2. The second-order valence-corrected chi connectivity index (χ2v) is 6.53. The summed E-state index contributed by atoms with van der Waals surface area (Å²) in [6.45, 7) is 8.46. The van der Waals surface area contributed by atoms with Gasteiger partial charge in [-0.3, -0.25) is 4.79 Å². The van der Waals surface area contributed by atoms with Crippen molar-refractivity contribution in [3.8, 4) is 5.75 Å². The average Bonchev–Trinajstić information content (AvgIpc) is 3.10. The van der Waals surface area contributed by atoms with Gasteiger partial charge in [-0.15, -0.1) is 0 Å². The Labute approximate surface area is 158 Å². The second kappa shape index (κ2) is 8.16. The molecule has 3 aromatic rings. The van der Waals surface area contributed by atoms with Crippen LogP contribution in [0, 0.1) is 13.8 Å². The number of rotatable bonds is 7. The number of nitrogens with one attached hydrogen (secondary N) is 1. The van der Waals surface area contributed by atoms with Gasteiger partial charge in [0.15, 0.2) is 0 Å². The number of ether oxygens (including phenoxy) is 1. The van der Waals surface area contributed by atoms with Crippen molar-refractivity contribution in [2.45, 2.75) is 46.6 Å². The Morgan fingerprint density at radius 2 is 2.15 bits per heavy atom. The number of hydrogen-bond acceptors (Lipinski definition) is 5. The van der Waals surface area contributed by atoms with Gasteiger partial charge in [0, 0.05) is 17.8 Å². The molecule has 0 saturated heterocycles. The van der Waals surface area contributed by atoms with Crippen molar-refractivity contribution in [1.82, 2.24) is 24.9 Å². The highest BCUT2D eigenvalue weighted by atomic mass is 16.5. The molecular formula is C20H25N5O2. The summed E-state index contributed by atoms with van der Waals surface area (Å²) in [4.78, 5) is 21.0. The summed E-state index contributed by atoms with van der Waals surface area (Å²) in [5.74, 6) is 1.40. The lowest BCUT2D eigenvalue weighted by Crippen LogP contribution is -2.27. The van der Waals surface area contributed by atoms with Crippen LogP contribution in [0.25, 0.3) is 5.78 Å². The molecule has 2 heterocycles. The van der Waals surface area contributed by atoms with Crippen LogP contribution in [0.1, 0.15) is 48.8 Å². The average molecular weight is 367 g/mol. The largest absolute Gasteiger partial charge is 0.494 e. The van der Waals surface area contributed by atoms with Gasteiger partial charge in [-0.2, -0.15) is 10.1 Å². The summed E-state index contributed by atoms with van der Waals surface area (Å²) >= 11 is 0. The van der Waals surface area contributed by atoms with Crippen LogP contribution in [0.3, 0.4) is 0 Å². The highest BCUT2D eigenvalue weighted by Crippen LogP contribution is 2.20. The van der Waals surface area contributed by atoms with Crippen LogP contribution >= 0.6 is 0 Å². The summed E-state index contributed by atoms with van der Waals surface area (Å²) in [6.07, 6.45) is 2.49. The maximum atomic E-state index is 12.4. The lowest BCUT2D eigenvalue weighted by atomic mass is 10.1. The molecule has 1 amide bonds. The number of carbonyl (C=O) groups is 1. The normalized spacial score (nSPS) is 12.1. The molecular weight excluding hydrogens is 342 g/mol. The molecule has 3 rings (SSSR count). The van der Waals surface area contributed by atoms with Gasteiger partial charge >= 0.3 is 0 Å². The van der Waals surface area contributed by atoms with Gasteiger partial charge in [0.1, 0.15) is 12.1 Å². The molecule has 1 unspecified atom stereocenters. The lowest BCUT2D eigenvalue weighted by Gasteiger charge is -2.16. The Hall–Kier alpha value is -2.96. The number of hydrogen-bond donors (Lipinski definition) is 1. The van der Waals surface area contributed by atoms with Crippen molar-refractivity contribution in [3.05, 3.63) is 53.1 Å². The fourth-order valence-corrected chi connectivity index (χ4v) is 3.19. The van der Waals surface area contributed by atoms with E-state index in [0.29, 0.717) is 25.2 Å². The smallest absolute Gasteiger partial charge is 0.252 e. The quantitative estimate of drug-likeness (QED) is 0.694. The van der Waals surface area contributed by atoms with Gasteiger partial charge < -0.3 is 10.1 Å². The van der Waals surface area contributed by atoms with Crippen molar-refractivity contribution < 1.29 is 9.53 Å². The Bertz CT molecular complexity index is 951. The maximum absolute atomic E-state index is 12.4. The van der Waals surface area contributed by atoms with Gasteiger partial charge in [-0.05, 0) is 57.4 Å². The summed E-state index contributed by atoms with van der Waals surface area (Å²) in [5.41, 5.74) is 3.92. The number of aryl methyl sites for hydroxylation is 2. The highest BCUT2D eigenvalue weighted by Gasteiger charge is 2.14. The van der Waals surface area contributed by atoms with Crippen LogP contribution in [-0.2, 0) is 11.2 Å². The Morgan fingerprint density at radius 3 is 2.93 bits per heavy atom. The van der Waals surface area contributed by atoms with Crippen LogP contribution in [0.5, 0.6) is 5.75 Å². The number of benzene rings is 1. The van der Waals surface area contributed by atoms with E-state index in [1.807, 2.05) is 52.0 Å². The number of amides is 1. The summed E-state index contributed by atoms with van der Waals surface area (Å²) in [5, 5.41) is 7.25. The third-order valence-corrected chi connectivity index (χ3v) is 4.64.